The van der Waals surface area contributed by atoms with E-state index in [1.54, 1.807) is 18.9 Å². The summed E-state index contributed by atoms with van der Waals surface area (Å²) in [4.78, 5) is 3.21. The monoisotopic (exact) mass is 472 g/mol. The molecule has 184 valence electrons. The maximum absolute atomic E-state index is 10.6. The number of H-pyrrole nitrogens is 1. The predicted octanol–water partition coefficient (Wildman–Crippen LogP) is 1.96. The van der Waals surface area contributed by atoms with Crippen molar-refractivity contribution >= 4 is 11.8 Å². The molecular weight excluding hydrogens is 432 g/mol. The Morgan fingerprint density at radius 1 is 1.31 bits per heavy atom. The van der Waals surface area contributed by atoms with Crippen LogP contribution in [0.25, 0.3) is 0 Å². The summed E-state index contributed by atoms with van der Waals surface area (Å²) in [7, 11) is 1.70. The van der Waals surface area contributed by atoms with Crippen molar-refractivity contribution < 1.29 is 29.9 Å². The van der Waals surface area contributed by atoms with Crippen molar-refractivity contribution in [2.75, 3.05) is 19.5 Å². The number of aromatic amines is 1. The number of hydrogen-bond acceptors (Lipinski definition) is 8. The van der Waals surface area contributed by atoms with E-state index in [0.717, 1.165) is 30.7 Å². The molecule has 6 N–H and O–H groups in total. The number of aliphatic hydroxyl groups excluding tert-OH is 3. The van der Waals surface area contributed by atoms with Crippen molar-refractivity contribution in [3.05, 3.63) is 24.0 Å². The number of nitrogens with one attached hydrogen (secondary N) is 2. The summed E-state index contributed by atoms with van der Waals surface area (Å²) in [6.45, 7) is 8.45. The lowest BCUT2D eigenvalue weighted by Crippen LogP contribution is -2.61. The van der Waals surface area contributed by atoms with Gasteiger partial charge in [0.15, 0.2) is 5.79 Å². The number of methoxy groups -OCH3 is 1. The Morgan fingerprint density at radius 2 is 2.03 bits per heavy atom. The fourth-order valence-corrected chi connectivity index (χ4v) is 6.92. The zero-order valence-electron chi connectivity index (χ0n) is 19.7. The van der Waals surface area contributed by atoms with E-state index in [1.807, 2.05) is 18.3 Å². The van der Waals surface area contributed by atoms with Crippen molar-refractivity contribution in [3.8, 4) is 0 Å². The fourth-order valence-electron chi connectivity index (χ4n) is 5.23. The van der Waals surface area contributed by atoms with Crippen LogP contribution in [0.2, 0.25) is 0 Å². The maximum atomic E-state index is 10.6. The van der Waals surface area contributed by atoms with E-state index in [1.165, 1.54) is 0 Å². The molecule has 1 aliphatic carbocycles. The highest BCUT2D eigenvalue weighted by Gasteiger charge is 2.70. The van der Waals surface area contributed by atoms with Gasteiger partial charge in [-0.2, -0.15) is 0 Å². The van der Waals surface area contributed by atoms with Gasteiger partial charge in [0.2, 0.25) is 0 Å². The lowest BCUT2D eigenvalue weighted by molar-refractivity contribution is -0.355. The first-order valence-electron chi connectivity index (χ1n) is 11.4. The molecule has 0 aromatic carbocycles. The fraction of sp³-hybridized carbons (Fsp3) is 0.826. The second-order valence-electron chi connectivity index (χ2n) is 10.3. The van der Waals surface area contributed by atoms with Crippen LogP contribution in [0.1, 0.15) is 58.9 Å². The average Bonchev–Trinajstić information content (AvgIpc) is 3.29. The van der Waals surface area contributed by atoms with E-state index in [2.05, 4.69) is 38.0 Å². The van der Waals surface area contributed by atoms with Crippen LogP contribution in [-0.4, -0.2) is 73.8 Å². The lowest BCUT2D eigenvalue weighted by Gasteiger charge is -2.49. The van der Waals surface area contributed by atoms with Crippen molar-refractivity contribution in [1.29, 1.82) is 0 Å². The summed E-state index contributed by atoms with van der Waals surface area (Å²) in [5.74, 6) is -2.31. The molecule has 0 bridgehead atoms. The Hall–Kier alpha value is -0.650. The molecule has 1 aromatic heterocycles. The van der Waals surface area contributed by atoms with Crippen molar-refractivity contribution in [1.82, 2.24) is 10.3 Å². The van der Waals surface area contributed by atoms with Crippen molar-refractivity contribution in [3.63, 3.8) is 0 Å². The number of fused-ring (bicyclic) bond motifs is 1. The Morgan fingerprint density at radius 3 is 2.59 bits per heavy atom. The van der Waals surface area contributed by atoms with E-state index in [-0.39, 0.29) is 17.2 Å². The molecular formula is C23H40N2O6S. The number of aromatic nitrogens is 1. The number of ether oxygens (including phenoxy) is 2. The molecule has 1 saturated carbocycles. The van der Waals surface area contributed by atoms with E-state index in [0.29, 0.717) is 0 Å². The maximum Gasteiger partial charge on any atom is 0.183 e. The van der Waals surface area contributed by atoms with Gasteiger partial charge in [-0.05, 0) is 49.5 Å². The van der Waals surface area contributed by atoms with Gasteiger partial charge in [-0.25, -0.2) is 0 Å². The van der Waals surface area contributed by atoms with Crippen LogP contribution in [-0.2, 0) is 9.47 Å². The summed E-state index contributed by atoms with van der Waals surface area (Å²) in [6, 6.07) is 3.97. The molecule has 32 heavy (non-hydrogen) atoms. The second kappa shape index (κ2) is 9.92. The van der Waals surface area contributed by atoms with Gasteiger partial charge in [-0.3, -0.25) is 5.32 Å². The highest BCUT2D eigenvalue weighted by molar-refractivity contribution is 7.99. The smallest absolute Gasteiger partial charge is 0.183 e. The van der Waals surface area contributed by atoms with Crippen molar-refractivity contribution in [2.24, 2.45) is 17.3 Å². The van der Waals surface area contributed by atoms with Gasteiger partial charge < -0.3 is 34.9 Å². The minimum Gasteiger partial charge on any atom is -0.396 e. The summed E-state index contributed by atoms with van der Waals surface area (Å²) >= 11 is 1.55. The molecule has 1 aliphatic heterocycles. The SMILES string of the molecule is CCC(C)(CC(C)(C)CCSC1OC2(O)C(CO)C(O)C(O)C12)NC(OC)c1ccc[nH]1. The van der Waals surface area contributed by atoms with E-state index >= 15 is 0 Å². The average molecular weight is 473 g/mol. The second-order valence-corrected chi connectivity index (χ2v) is 11.5. The van der Waals surface area contributed by atoms with Crippen LogP contribution < -0.4 is 5.32 Å². The third-order valence-corrected chi connectivity index (χ3v) is 8.42. The van der Waals surface area contributed by atoms with Crippen LogP contribution in [0.3, 0.4) is 0 Å². The molecule has 0 amide bonds. The molecule has 0 radical (unpaired) electrons. The van der Waals surface area contributed by atoms with Gasteiger partial charge in [0.1, 0.15) is 11.7 Å². The molecule has 8 unspecified atom stereocenters. The van der Waals surface area contributed by atoms with Crippen LogP contribution >= 0.6 is 11.8 Å². The van der Waals surface area contributed by atoms with Crippen LogP contribution in [0.4, 0.5) is 0 Å². The normalized spacial score (nSPS) is 35.2. The van der Waals surface area contributed by atoms with Gasteiger partial charge in [0, 0.05) is 18.8 Å². The first kappa shape index (κ1) is 26.0. The van der Waals surface area contributed by atoms with Gasteiger partial charge in [-0.1, -0.05) is 20.8 Å². The van der Waals surface area contributed by atoms with E-state index < -0.39 is 41.9 Å². The first-order valence-corrected chi connectivity index (χ1v) is 12.5. The van der Waals surface area contributed by atoms with Gasteiger partial charge >= 0.3 is 0 Å². The van der Waals surface area contributed by atoms with E-state index in [9.17, 15) is 20.4 Å². The molecule has 0 spiro atoms. The highest BCUT2D eigenvalue weighted by atomic mass is 32.2. The Bertz CT molecular complexity index is 734. The predicted molar refractivity (Wildman–Crippen MR) is 124 cm³/mol. The molecule has 2 aliphatic rings. The van der Waals surface area contributed by atoms with Crippen LogP contribution in [0.15, 0.2) is 18.3 Å². The first-order chi connectivity index (χ1) is 15.0. The topological polar surface area (TPSA) is 127 Å². The number of thioether (sulfide) groups is 1. The molecule has 8 atom stereocenters. The molecule has 3 rings (SSSR count). The quantitative estimate of drug-likeness (QED) is 0.255. The zero-order valence-corrected chi connectivity index (χ0v) is 20.6. The van der Waals surface area contributed by atoms with Gasteiger partial charge in [0.05, 0.1) is 36.3 Å². The Labute approximate surface area is 195 Å². The Kier molecular flexibility index (Phi) is 8.04. The van der Waals surface area contributed by atoms with Gasteiger partial charge in [0.25, 0.3) is 0 Å². The molecule has 2 fully saturated rings. The summed E-state index contributed by atoms with van der Waals surface area (Å²) < 4.78 is 11.3. The largest absolute Gasteiger partial charge is 0.396 e. The standard InChI is InChI=1S/C23H40N2O6S/c1-6-22(4,25-19(30-5)15-8-7-10-24-15)13-21(2,3)9-11-32-20-16-18(28)17(27)14(12-26)23(16,29)31-20/h7-8,10,14,16-20,24-29H,6,9,11-13H2,1-5H3. The molecule has 1 saturated heterocycles. The highest BCUT2D eigenvalue weighted by Crippen LogP contribution is 2.56. The minimum atomic E-state index is -1.64. The Balaban J connectivity index is 1.53. The van der Waals surface area contributed by atoms with Gasteiger partial charge in [-0.15, -0.1) is 11.8 Å². The molecule has 2 heterocycles. The number of aliphatic hydroxyl groups is 4. The van der Waals surface area contributed by atoms with Crippen LogP contribution in [0.5, 0.6) is 0 Å². The molecule has 9 heteroatoms. The number of hydrogen-bond donors (Lipinski definition) is 6. The zero-order chi connectivity index (χ0) is 23.7. The molecule has 1 aromatic rings. The van der Waals surface area contributed by atoms with E-state index in [4.69, 9.17) is 9.47 Å². The third kappa shape index (κ3) is 5.05. The minimum absolute atomic E-state index is 0.0281. The number of rotatable bonds is 12. The lowest BCUT2D eigenvalue weighted by atomic mass is 9.76. The molecule has 8 nitrogen and oxygen atoms in total. The summed E-state index contributed by atoms with van der Waals surface area (Å²) in [5.41, 5.74) is 0.500. The third-order valence-electron chi connectivity index (χ3n) is 7.26. The summed E-state index contributed by atoms with van der Waals surface area (Å²) in [6.07, 6.45) is 2.20. The van der Waals surface area contributed by atoms with Crippen molar-refractivity contribution in [2.45, 2.75) is 82.2 Å². The summed E-state index contributed by atoms with van der Waals surface area (Å²) in [5, 5.41) is 44.2. The van der Waals surface area contributed by atoms with Crippen LogP contribution in [0, 0.1) is 17.3 Å².